The molecule has 0 aromatic rings. The van der Waals surface area contributed by atoms with Crippen LogP contribution in [0.25, 0.3) is 0 Å². The third-order valence-corrected chi connectivity index (χ3v) is 6.60. The first-order valence-electron chi connectivity index (χ1n) is 12.7. The SMILES string of the molecule is CCCCOC(=O)C/C(C)=C/[C@@H](O)[C@H]1O[C@@H]2C[C@@H](O)/C(Cl)=C/C/C=C(/C)[C@H](OC(C)=O)CC(=O)O[C@@H]1C2. The standard InChI is InChI=1S/C27H39ClO9/c1-5-6-10-34-25(32)12-16(2)11-22(31)27-24-14-19(36-27)13-21(30)20(28)9-7-8-17(3)23(35-18(4)29)15-26(33)37-24/h8-9,11,19,21-24,27,30-31H,5-7,10,12-15H2,1-4H3/b16-11+,17-8-,20-9-/t19-,21-,22-,23-,24-,27-/m1/s1. The first-order valence-corrected chi connectivity index (χ1v) is 13.1. The number of fused-ring (bicyclic) bond motifs is 2. The largest absolute Gasteiger partial charge is 0.465 e. The second-order valence-corrected chi connectivity index (χ2v) is 10.0. The number of rotatable bonds is 8. The van der Waals surface area contributed by atoms with Crippen molar-refractivity contribution in [3.05, 3.63) is 34.4 Å². The Morgan fingerprint density at radius 1 is 1.27 bits per heavy atom. The van der Waals surface area contributed by atoms with Crippen LogP contribution in [0.5, 0.6) is 0 Å². The lowest BCUT2D eigenvalue weighted by Crippen LogP contribution is -2.37. The van der Waals surface area contributed by atoms with Gasteiger partial charge in [-0.05, 0) is 32.3 Å². The number of esters is 3. The third kappa shape index (κ3) is 10.6. The number of halogens is 1. The number of carbonyl (C=O) groups is 3. The Balaban J connectivity index is 2.21. The Kier molecular flexibility index (Phi) is 12.8. The van der Waals surface area contributed by atoms with Crippen LogP contribution < -0.4 is 0 Å². The van der Waals surface area contributed by atoms with E-state index in [1.54, 1.807) is 26.0 Å². The minimum atomic E-state index is -1.18. The minimum absolute atomic E-state index is 0.0101. The van der Waals surface area contributed by atoms with Crippen molar-refractivity contribution in [3.8, 4) is 0 Å². The van der Waals surface area contributed by atoms with E-state index in [-0.39, 0.29) is 30.7 Å². The van der Waals surface area contributed by atoms with Gasteiger partial charge in [0.15, 0.2) is 0 Å². The number of ether oxygens (including phenoxy) is 4. The molecule has 9 nitrogen and oxygen atoms in total. The maximum Gasteiger partial charge on any atom is 0.310 e. The molecule has 0 aliphatic carbocycles. The van der Waals surface area contributed by atoms with Crippen LogP contribution in [0.1, 0.15) is 72.6 Å². The van der Waals surface area contributed by atoms with E-state index in [1.807, 2.05) is 6.92 Å². The van der Waals surface area contributed by atoms with E-state index in [9.17, 15) is 24.6 Å². The summed E-state index contributed by atoms with van der Waals surface area (Å²) in [4.78, 5) is 36.4. The highest BCUT2D eigenvalue weighted by molar-refractivity contribution is 6.30. The number of unbranched alkanes of at least 4 members (excludes halogenated alkanes) is 1. The average Bonchev–Trinajstić information content (AvgIpc) is 3.19. The summed E-state index contributed by atoms with van der Waals surface area (Å²) in [5, 5.41) is 21.7. The van der Waals surface area contributed by atoms with Gasteiger partial charge in [-0.2, -0.15) is 0 Å². The van der Waals surface area contributed by atoms with Crippen molar-refractivity contribution in [2.45, 2.75) is 109 Å². The Morgan fingerprint density at radius 2 is 2.00 bits per heavy atom. The van der Waals surface area contributed by atoms with Gasteiger partial charge < -0.3 is 29.2 Å². The average molecular weight is 543 g/mol. The van der Waals surface area contributed by atoms with Gasteiger partial charge in [-0.15, -0.1) is 0 Å². The fourth-order valence-corrected chi connectivity index (χ4v) is 4.41. The summed E-state index contributed by atoms with van der Waals surface area (Å²) in [5.41, 5.74) is 1.22. The van der Waals surface area contributed by atoms with Crippen molar-refractivity contribution in [1.29, 1.82) is 0 Å². The molecule has 2 bridgehead atoms. The van der Waals surface area contributed by atoms with Crippen LogP contribution in [0.15, 0.2) is 34.4 Å². The smallest absolute Gasteiger partial charge is 0.310 e. The molecule has 2 aliphatic rings. The van der Waals surface area contributed by atoms with Gasteiger partial charge in [0.2, 0.25) is 0 Å². The highest BCUT2D eigenvalue weighted by Crippen LogP contribution is 2.32. The molecule has 2 aliphatic heterocycles. The van der Waals surface area contributed by atoms with Crippen LogP contribution in [0.3, 0.4) is 0 Å². The summed E-state index contributed by atoms with van der Waals surface area (Å²) < 4.78 is 22.2. The van der Waals surface area contributed by atoms with Crippen LogP contribution >= 0.6 is 11.6 Å². The fourth-order valence-electron chi connectivity index (χ4n) is 4.23. The lowest BCUT2D eigenvalue weighted by molar-refractivity contribution is -0.159. The molecule has 0 saturated carbocycles. The highest BCUT2D eigenvalue weighted by atomic mass is 35.5. The van der Waals surface area contributed by atoms with Gasteiger partial charge in [-0.1, -0.05) is 48.7 Å². The van der Waals surface area contributed by atoms with Crippen molar-refractivity contribution in [2.75, 3.05) is 6.61 Å². The molecule has 37 heavy (non-hydrogen) atoms. The Labute approximate surface area is 223 Å². The van der Waals surface area contributed by atoms with Gasteiger partial charge in [-0.3, -0.25) is 14.4 Å². The molecule has 1 fully saturated rings. The first kappa shape index (κ1) is 31.0. The summed E-state index contributed by atoms with van der Waals surface area (Å²) >= 11 is 6.28. The monoisotopic (exact) mass is 542 g/mol. The molecule has 2 N–H and O–H groups in total. The molecule has 0 radical (unpaired) electrons. The van der Waals surface area contributed by atoms with Gasteiger partial charge in [-0.25, -0.2) is 0 Å². The Hall–Kier alpha value is -2.20. The molecule has 208 valence electrons. The van der Waals surface area contributed by atoms with E-state index < -0.39 is 54.5 Å². The molecule has 1 saturated heterocycles. The van der Waals surface area contributed by atoms with E-state index >= 15 is 0 Å². The van der Waals surface area contributed by atoms with E-state index in [4.69, 9.17) is 30.5 Å². The molecule has 0 unspecified atom stereocenters. The zero-order valence-corrected chi connectivity index (χ0v) is 22.7. The fraction of sp³-hybridized carbons (Fsp3) is 0.667. The van der Waals surface area contributed by atoms with Crippen molar-refractivity contribution in [2.24, 2.45) is 0 Å². The van der Waals surface area contributed by atoms with Crippen molar-refractivity contribution < 1.29 is 43.5 Å². The number of allylic oxidation sites excluding steroid dienone is 2. The summed E-state index contributed by atoms with van der Waals surface area (Å²) in [6.45, 7) is 7.03. The minimum Gasteiger partial charge on any atom is -0.465 e. The number of hydrogen-bond donors (Lipinski definition) is 2. The van der Waals surface area contributed by atoms with E-state index in [0.717, 1.165) is 12.8 Å². The maximum atomic E-state index is 12.8. The van der Waals surface area contributed by atoms with Gasteiger partial charge in [0, 0.05) is 24.8 Å². The van der Waals surface area contributed by atoms with Crippen molar-refractivity contribution >= 4 is 29.5 Å². The predicted molar refractivity (Wildman–Crippen MR) is 137 cm³/mol. The van der Waals surface area contributed by atoms with Crippen LogP contribution in [0.4, 0.5) is 0 Å². The van der Waals surface area contributed by atoms with E-state index in [0.29, 0.717) is 24.2 Å². The molecule has 2 rings (SSSR count). The molecular formula is C27H39ClO9. The highest BCUT2D eigenvalue weighted by Gasteiger charge is 2.42. The van der Waals surface area contributed by atoms with Crippen LogP contribution in [-0.2, 0) is 33.3 Å². The normalized spacial score (nSPS) is 31.2. The van der Waals surface area contributed by atoms with Gasteiger partial charge in [0.25, 0.3) is 0 Å². The Bertz CT molecular complexity index is 894. The van der Waals surface area contributed by atoms with Crippen molar-refractivity contribution in [3.63, 3.8) is 0 Å². The number of aliphatic hydroxyl groups excluding tert-OH is 2. The molecule has 0 aromatic heterocycles. The molecular weight excluding hydrogens is 504 g/mol. The Morgan fingerprint density at radius 3 is 2.68 bits per heavy atom. The second kappa shape index (κ2) is 15.3. The topological polar surface area (TPSA) is 129 Å². The van der Waals surface area contributed by atoms with Crippen LogP contribution in [0.2, 0.25) is 0 Å². The number of hydrogen-bond acceptors (Lipinski definition) is 9. The summed E-state index contributed by atoms with van der Waals surface area (Å²) in [5.74, 6) is -1.54. The maximum absolute atomic E-state index is 12.8. The molecule has 10 heteroatoms. The van der Waals surface area contributed by atoms with Gasteiger partial charge >= 0.3 is 17.9 Å². The van der Waals surface area contributed by atoms with Crippen molar-refractivity contribution in [1.82, 2.24) is 0 Å². The summed E-state index contributed by atoms with van der Waals surface area (Å²) in [7, 11) is 0. The van der Waals surface area contributed by atoms with E-state index in [2.05, 4.69) is 0 Å². The first-order chi connectivity index (χ1) is 17.5. The van der Waals surface area contributed by atoms with Crippen LogP contribution in [0, 0.1) is 0 Å². The second-order valence-electron chi connectivity index (χ2n) is 9.57. The molecule has 2 heterocycles. The molecule has 6 atom stereocenters. The molecule has 0 amide bonds. The van der Waals surface area contributed by atoms with Gasteiger partial charge in [0.1, 0.15) is 24.4 Å². The summed E-state index contributed by atoms with van der Waals surface area (Å²) in [6, 6.07) is 0. The summed E-state index contributed by atoms with van der Waals surface area (Å²) in [6.07, 6.45) is 1.84. The van der Waals surface area contributed by atoms with E-state index in [1.165, 1.54) is 13.0 Å². The zero-order chi connectivity index (χ0) is 27.5. The lowest BCUT2D eigenvalue weighted by Gasteiger charge is -2.24. The zero-order valence-electron chi connectivity index (χ0n) is 22.0. The third-order valence-electron chi connectivity index (χ3n) is 6.20. The number of carbonyl (C=O) groups excluding carboxylic acids is 3. The quantitative estimate of drug-likeness (QED) is 0.204. The lowest BCUT2D eigenvalue weighted by atomic mass is 10.0. The van der Waals surface area contributed by atoms with Gasteiger partial charge in [0.05, 0.1) is 31.7 Å². The molecule has 0 aromatic carbocycles. The molecule has 0 spiro atoms. The number of aliphatic hydroxyl groups is 2. The van der Waals surface area contributed by atoms with Crippen LogP contribution in [-0.4, -0.2) is 71.4 Å². The predicted octanol–water partition coefficient (Wildman–Crippen LogP) is 3.64.